The third-order valence-corrected chi connectivity index (χ3v) is 14.9. The Morgan fingerprint density at radius 3 is 1.22 bits per heavy atom. The molecule has 6 heterocycles. The van der Waals surface area contributed by atoms with Crippen molar-refractivity contribution >= 4 is 40.5 Å². The Morgan fingerprint density at radius 1 is 0.494 bits per heavy atom. The predicted molar refractivity (Wildman–Crippen MR) is 326 cm³/mol. The van der Waals surface area contributed by atoms with Crippen LogP contribution in [0.15, 0.2) is 123 Å². The second-order valence-electron chi connectivity index (χ2n) is 20.4. The fraction of sp³-hybridized carbons (Fsp3) is 0.292. The topological polar surface area (TPSA) is 214 Å². The molecule has 3 aromatic carbocycles. The van der Waals surface area contributed by atoms with Crippen molar-refractivity contribution in [2.75, 3.05) is 50.2 Å². The van der Waals surface area contributed by atoms with E-state index in [9.17, 15) is 14.4 Å². The molecule has 9 rings (SSSR count). The van der Waals surface area contributed by atoms with Gasteiger partial charge < -0.3 is 40.8 Å². The number of aromatic nitrogens is 4. The molecule has 0 aliphatic carbocycles. The Kier molecular flexibility index (Phi) is 19.6. The Balaban J connectivity index is 0.000000175. The van der Waals surface area contributed by atoms with Crippen LogP contribution in [0, 0.1) is 69.2 Å². The molecule has 5 aromatic heterocycles. The lowest BCUT2D eigenvalue weighted by Crippen LogP contribution is -2.30. The van der Waals surface area contributed by atoms with Crippen LogP contribution >= 0.6 is 0 Å². The average molecular weight is 1090 g/mol. The zero-order valence-corrected chi connectivity index (χ0v) is 49.3. The lowest BCUT2D eigenvalue weighted by atomic mass is 9.98. The fourth-order valence-corrected chi connectivity index (χ4v) is 9.20. The van der Waals surface area contributed by atoms with Crippen LogP contribution < -0.4 is 31.9 Å². The van der Waals surface area contributed by atoms with Crippen molar-refractivity contribution in [1.82, 2.24) is 36.1 Å². The summed E-state index contributed by atoms with van der Waals surface area (Å²) in [4.78, 5) is 56.2. The number of hydrogen-bond acceptors (Lipinski definition) is 13. The minimum Gasteiger partial charge on any atom is -0.469 e. The maximum atomic E-state index is 12.9. The molecule has 1 aliphatic heterocycles. The molecule has 6 N–H and O–H groups in total. The second-order valence-corrected chi connectivity index (χ2v) is 20.4. The van der Waals surface area contributed by atoms with Gasteiger partial charge in [0.1, 0.15) is 5.76 Å². The van der Waals surface area contributed by atoms with Crippen LogP contribution in [0.25, 0.3) is 33.4 Å². The Hall–Kier alpha value is -9.18. The van der Waals surface area contributed by atoms with E-state index >= 15 is 0 Å². The van der Waals surface area contributed by atoms with Crippen molar-refractivity contribution < 1.29 is 23.3 Å². The molecule has 0 spiro atoms. The number of amides is 3. The van der Waals surface area contributed by atoms with E-state index in [1.54, 1.807) is 6.26 Å². The quantitative estimate of drug-likeness (QED) is 0.0566. The highest BCUT2D eigenvalue weighted by Crippen LogP contribution is 2.32. The summed E-state index contributed by atoms with van der Waals surface area (Å²) in [6, 6.07) is 23.8. The second kappa shape index (κ2) is 26.6. The number of carbonyl (C=O) groups excluding carboxylic acids is 3. The van der Waals surface area contributed by atoms with E-state index < -0.39 is 0 Å². The van der Waals surface area contributed by atoms with E-state index in [1.807, 2.05) is 176 Å². The van der Waals surface area contributed by atoms with E-state index in [4.69, 9.17) is 8.94 Å². The summed E-state index contributed by atoms with van der Waals surface area (Å²) in [5.41, 5.74) is 23.4. The number of aryl methyl sites for hydroxylation is 6. The number of nitrogens with zero attached hydrogens (tertiary/aromatic N) is 5. The van der Waals surface area contributed by atoms with Gasteiger partial charge in [0.15, 0.2) is 5.76 Å². The first-order valence-corrected chi connectivity index (χ1v) is 27.0. The van der Waals surface area contributed by atoms with Gasteiger partial charge in [-0.25, -0.2) is 0 Å². The zero-order chi connectivity index (χ0) is 58.7. The van der Waals surface area contributed by atoms with Gasteiger partial charge in [-0.1, -0.05) is 23.4 Å². The number of benzene rings is 3. The van der Waals surface area contributed by atoms with E-state index in [-0.39, 0.29) is 17.7 Å². The molecule has 16 heteroatoms. The van der Waals surface area contributed by atoms with E-state index in [0.717, 1.165) is 125 Å². The first-order chi connectivity index (χ1) is 38.7. The number of hydrogen-bond donors (Lipinski definition) is 6. The third-order valence-electron chi connectivity index (χ3n) is 14.9. The Morgan fingerprint density at radius 2 is 0.901 bits per heavy atom. The number of nitrogens with one attached hydrogen (secondary N) is 6. The van der Waals surface area contributed by atoms with Crippen molar-refractivity contribution in [1.29, 1.82) is 0 Å². The lowest BCUT2D eigenvalue weighted by Gasteiger charge is -2.15. The highest BCUT2D eigenvalue weighted by molar-refractivity contribution is 6.07. The van der Waals surface area contributed by atoms with Crippen molar-refractivity contribution in [3.05, 3.63) is 193 Å². The number of aliphatic imine (C=N–C) groups is 1. The van der Waals surface area contributed by atoms with Crippen molar-refractivity contribution in [3.63, 3.8) is 0 Å². The molecular weight excluding hydrogens is 1010 g/mol. The lowest BCUT2D eigenvalue weighted by molar-refractivity contribution is 0.0940. The Bertz CT molecular complexity index is 3630. The molecular formula is C65H75N11O5. The van der Waals surface area contributed by atoms with Gasteiger partial charge in [-0.2, -0.15) is 0 Å². The fourth-order valence-electron chi connectivity index (χ4n) is 9.20. The number of rotatable bonds is 15. The number of carbonyl (C=O) groups is 3. The maximum Gasteiger partial charge on any atom is 0.252 e. The summed E-state index contributed by atoms with van der Waals surface area (Å²) >= 11 is 0. The summed E-state index contributed by atoms with van der Waals surface area (Å²) in [5, 5.41) is 22.5. The van der Waals surface area contributed by atoms with Crippen molar-refractivity contribution in [2.24, 2.45) is 4.99 Å². The molecule has 0 unspecified atom stereocenters. The van der Waals surface area contributed by atoms with Gasteiger partial charge in [-0.05, 0) is 188 Å². The van der Waals surface area contributed by atoms with Crippen molar-refractivity contribution in [3.8, 4) is 33.4 Å². The summed E-state index contributed by atoms with van der Waals surface area (Å²) in [5.74, 6) is 1.16. The third kappa shape index (κ3) is 14.4. The standard InChI is InChI=1S/C22H26N4O.C22H25N3O2.C21H24N4O2/c1-13-10-25-21(15(13)3)12-26-22(27)19-8-18(9-20(23-5)16(19)4)17-7-6-14(2)24-11-17;1-13-12-27-16(4)20(13)11-25-22(26)19-8-18(9-21(23-5)15(19)3)17-7-6-14(2)24-10-17;1-12-6-7-16(10-23-12)17-8-18(14(3)19(9-17)22-5)21(26)24-11-20-13(2)15(4)25-27-20/h6-9,11,23H,10,12H2,1-5H3,(H,26,27);6-10,12,23H,11H2,1-5H3,(H,25,26);6-10,22H,11H2,1-5H3,(H,24,26). The van der Waals surface area contributed by atoms with Gasteiger partial charge in [-0.15, -0.1) is 0 Å². The first kappa shape index (κ1) is 59.5. The molecule has 0 fully saturated rings. The van der Waals surface area contributed by atoms with Gasteiger partial charge in [0, 0.05) is 125 Å². The maximum absolute atomic E-state index is 12.9. The van der Waals surface area contributed by atoms with Crippen LogP contribution in [0.2, 0.25) is 0 Å². The largest absolute Gasteiger partial charge is 0.469 e. The normalized spacial score (nSPS) is 11.7. The van der Waals surface area contributed by atoms with Gasteiger partial charge >= 0.3 is 0 Å². The van der Waals surface area contributed by atoms with Crippen LogP contribution in [0.4, 0.5) is 17.1 Å². The number of anilines is 3. The van der Waals surface area contributed by atoms with Gasteiger partial charge in [0.05, 0.1) is 37.3 Å². The average Bonchev–Trinajstić information content (AvgIpc) is 4.10. The summed E-state index contributed by atoms with van der Waals surface area (Å²) < 4.78 is 10.7. The van der Waals surface area contributed by atoms with Crippen LogP contribution in [-0.4, -0.2) is 77.8 Å². The minimum atomic E-state index is -0.153. The molecule has 1 aliphatic rings. The van der Waals surface area contributed by atoms with Gasteiger partial charge in [0.2, 0.25) is 0 Å². The first-order valence-electron chi connectivity index (χ1n) is 27.0. The molecule has 0 saturated heterocycles. The van der Waals surface area contributed by atoms with Crippen LogP contribution in [0.3, 0.4) is 0 Å². The highest BCUT2D eigenvalue weighted by atomic mass is 16.5. The van der Waals surface area contributed by atoms with Crippen LogP contribution in [0.1, 0.15) is 113 Å². The van der Waals surface area contributed by atoms with Crippen LogP contribution in [0.5, 0.6) is 0 Å². The number of furan rings is 1. The molecule has 81 heavy (non-hydrogen) atoms. The van der Waals surface area contributed by atoms with E-state index in [2.05, 4.69) is 76.9 Å². The molecule has 0 atom stereocenters. The minimum absolute atomic E-state index is 0.0917. The molecule has 420 valence electrons. The Labute approximate surface area is 475 Å². The summed E-state index contributed by atoms with van der Waals surface area (Å²) in [6.45, 7) is 25.5. The van der Waals surface area contributed by atoms with E-state index in [1.165, 1.54) is 11.1 Å². The van der Waals surface area contributed by atoms with Gasteiger partial charge in [0.25, 0.3) is 17.7 Å². The summed E-state index contributed by atoms with van der Waals surface area (Å²) in [7, 11) is 5.58. The molecule has 0 bridgehead atoms. The predicted octanol–water partition coefficient (Wildman–Crippen LogP) is 12.4. The van der Waals surface area contributed by atoms with Crippen LogP contribution in [-0.2, 0) is 13.1 Å². The summed E-state index contributed by atoms with van der Waals surface area (Å²) in [6.07, 6.45) is 7.21. The highest BCUT2D eigenvalue weighted by Gasteiger charge is 2.20. The van der Waals surface area contributed by atoms with Crippen molar-refractivity contribution in [2.45, 2.75) is 96.2 Å². The van der Waals surface area contributed by atoms with E-state index in [0.29, 0.717) is 42.1 Å². The zero-order valence-electron chi connectivity index (χ0n) is 49.3. The van der Waals surface area contributed by atoms with Gasteiger partial charge in [-0.3, -0.25) is 34.3 Å². The molecule has 8 aromatic rings. The molecule has 0 saturated carbocycles. The molecule has 0 radical (unpaired) electrons. The monoisotopic (exact) mass is 1090 g/mol. The SMILES string of the molecule is CNc1cc(-c2ccc(C)nc2)cc(C(=O)NCC2=NCC(C)=C2C)c1C.CNc1cc(-c2ccc(C)nc2)cc(C(=O)NCc2c(C)coc2C)c1C.CNc1cc(-c2ccc(C)nc2)cc(C(=O)NCc2onc(C)c2C)c1C. The molecule has 16 nitrogen and oxygen atoms in total. The smallest absolute Gasteiger partial charge is 0.252 e. The number of pyridine rings is 3. The molecule has 3 amide bonds.